The predicted molar refractivity (Wildman–Crippen MR) is 80.3 cm³/mol. The lowest BCUT2D eigenvalue weighted by Gasteiger charge is -2.14. The van der Waals surface area contributed by atoms with Gasteiger partial charge in [0.1, 0.15) is 12.4 Å². The highest BCUT2D eigenvalue weighted by Crippen LogP contribution is 2.27. The summed E-state index contributed by atoms with van der Waals surface area (Å²) in [4.78, 5) is 11.6. The van der Waals surface area contributed by atoms with Crippen LogP contribution in [0.3, 0.4) is 0 Å². The lowest BCUT2D eigenvalue weighted by molar-refractivity contribution is 0.292. The molecular weight excluding hydrogens is 276 g/mol. The van der Waals surface area contributed by atoms with Gasteiger partial charge >= 0.3 is 0 Å². The zero-order valence-electron chi connectivity index (χ0n) is 11.3. The van der Waals surface area contributed by atoms with E-state index in [9.17, 15) is 4.79 Å². The normalized spacial score (nSPS) is 12.2. The Morgan fingerprint density at radius 1 is 1.35 bits per heavy atom. The van der Waals surface area contributed by atoms with E-state index in [1.54, 1.807) is 35.0 Å². The molecule has 0 saturated carbocycles. The van der Waals surface area contributed by atoms with Crippen LogP contribution in [0.4, 0.5) is 0 Å². The summed E-state index contributed by atoms with van der Waals surface area (Å²) in [6, 6.07) is 10.3. The van der Waals surface area contributed by atoms with Crippen molar-refractivity contribution in [2.24, 2.45) is 5.73 Å². The first-order valence-electron chi connectivity index (χ1n) is 6.41. The molecule has 1 atom stereocenters. The van der Waals surface area contributed by atoms with Crippen molar-refractivity contribution in [3.63, 3.8) is 0 Å². The average molecular weight is 293 g/mol. The second-order valence-corrected chi connectivity index (χ2v) is 4.99. The standard InChI is InChI=1S/C15H17ClN2O2/c1-11(17)13-10-12(16)5-6-14(13)20-9-8-18-7-3-2-4-15(18)19/h2-7,10-11H,8-9,17H2,1H3/t11-/m0/s1. The maximum atomic E-state index is 11.6. The zero-order valence-corrected chi connectivity index (χ0v) is 12.0. The summed E-state index contributed by atoms with van der Waals surface area (Å²) in [5.74, 6) is 0.702. The summed E-state index contributed by atoms with van der Waals surface area (Å²) in [6.45, 7) is 2.76. The van der Waals surface area contributed by atoms with Crippen LogP contribution in [0.5, 0.6) is 5.75 Å². The van der Waals surface area contributed by atoms with Gasteiger partial charge in [-0.2, -0.15) is 0 Å². The van der Waals surface area contributed by atoms with Crippen molar-refractivity contribution in [1.29, 1.82) is 0 Å². The highest BCUT2D eigenvalue weighted by Gasteiger charge is 2.09. The largest absolute Gasteiger partial charge is 0.491 e. The van der Waals surface area contributed by atoms with Gasteiger partial charge in [0.25, 0.3) is 5.56 Å². The summed E-state index contributed by atoms with van der Waals surface area (Å²) in [5, 5.41) is 0.629. The summed E-state index contributed by atoms with van der Waals surface area (Å²) < 4.78 is 7.31. The van der Waals surface area contributed by atoms with Crippen LogP contribution >= 0.6 is 11.6 Å². The number of hydrogen-bond acceptors (Lipinski definition) is 3. The zero-order chi connectivity index (χ0) is 14.5. The Hall–Kier alpha value is -1.78. The first kappa shape index (κ1) is 14.6. The topological polar surface area (TPSA) is 57.2 Å². The highest BCUT2D eigenvalue weighted by atomic mass is 35.5. The van der Waals surface area contributed by atoms with E-state index in [2.05, 4.69) is 0 Å². The molecular formula is C15H17ClN2O2. The van der Waals surface area contributed by atoms with Crippen molar-refractivity contribution in [1.82, 2.24) is 4.57 Å². The Morgan fingerprint density at radius 2 is 2.15 bits per heavy atom. The van der Waals surface area contributed by atoms with E-state index in [1.165, 1.54) is 6.07 Å². The third kappa shape index (κ3) is 3.62. The van der Waals surface area contributed by atoms with Crippen LogP contribution in [0.25, 0.3) is 0 Å². The van der Waals surface area contributed by atoms with Gasteiger partial charge in [-0.15, -0.1) is 0 Å². The third-order valence-corrected chi connectivity index (χ3v) is 3.19. The first-order valence-corrected chi connectivity index (χ1v) is 6.79. The van der Waals surface area contributed by atoms with E-state index in [4.69, 9.17) is 22.1 Å². The molecule has 106 valence electrons. The molecule has 1 aromatic heterocycles. The molecule has 0 amide bonds. The van der Waals surface area contributed by atoms with E-state index in [0.717, 1.165) is 5.56 Å². The molecule has 0 saturated heterocycles. The number of pyridine rings is 1. The van der Waals surface area contributed by atoms with Gasteiger partial charge in [-0.05, 0) is 31.2 Å². The number of halogens is 1. The fraction of sp³-hybridized carbons (Fsp3) is 0.267. The smallest absolute Gasteiger partial charge is 0.250 e. The summed E-state index contributed by atoms with van der Waals surface area (Å²) in [6.07, 6.45) is 1.74. The van der Waals surface area contributed by atoms with Crippen molar-refractivity contribution in [3.8, 4) is 5.75 Å². The molecule has 1 heterocycles. The van der Waals surface area contributed by atoms with E-state index >= 15 is 0 Å². The third-order valence-electron chi connectivity index (χ3n) is 2.95. The minimum Gasteiger partial charge on any atom is -0.491 e. The molecule has 5 heteroatoms. The molecule has 0 radical (unpaired) electrons. The van der Waals surface area contributed by atoms with Crippen molar-refractivity contribution >= 4 is 11.6 Å². The molecule has 2 rings (SSSR count). The predicted octanol–water partition coefficient (Wildman–Crippen LogP) is 2.60. The SMILES string of the molecule is C[C@H](N)c1cc(Cl)ccc1OCCn1ccccc1=O. The maximum absolute atomic E-state index is 11.6. The van der Waals surface area contributed by atoms with E-state index < -0.39 is 0 Å². The number of nitrogens with two attached hydrogens (primary N) is 1. The van der Waals surface area contributed by atoms with Gasteiger partial charge in [0.05, 0.1) is 6.54 Å². The minimum absolute atomic E-state index is 0.0420. The molecule has 0 spiro atoms. The highest BCUT2D eigenvalue weighted by molar-refractivity contribution is 6.30. The molecule has 2 aromatic rings. The Bertz CT molecular complexity index is 638. The molecule has 0 aliphatic heterocycles. The van der Waals surface area contributed by atoms with Crippen molar-refractivity contribution in [2.75, 3.05) is 6.61 Å². The van der Waals surface area contributed by atoms with Crippen LogP contribution < -0.4 is 16.0 Å². The number of benzene rings is 1. The minimum atomic E-state index is -0.164. The van der Waals surface area contributed by atoms with Gasteiger partial charge in [0.15, 0.2) is 0 Å². The lowest BCUT2D eigenvalue weighted by atomic mass is 10.1. The molecule has 0 aliphatic rings. The van der Waals surface area contributed by atoms with Gasteiger partial charge in [-0.1, -0.05) is 17.7 Å². The van der Waals surface area contributed by atoms with Crippen molar-refractivity contribution < 1.29 is 4.74 Å². The molecule has 1 aromatic carbocycles. The monoisotopic (exact) mass is 292 g/mol. The fourth-order valence-corrected chi connectivity index (χ4v) is 2.09. The molecule has 4 nitrogen and oxygen atoms in total. The quantitative estimate of drug-likeness (QED) is 0.921. The second-order valence-electron chi connectivity index (χ2n) is 4.55. The van der Waals surface area contributed by atoms with Gasteiger partial charge in [0, 0.05) is 28.9 Å². The van der Waals surface area contributed by atoms with Crippen LogP contribution in [0.2, 0.25) is 5.02 Å². The molecule has 0 unspecified atom stereocenters. The average Bonchev–Trinajstić information content (AvgIpc) is 2.42. The van der Waals surface area contributed by atoms with Gasteiger partial charge < -0.3 is 15.0 Å². The lowest BCUT2D eigenvalue weighted by Crippen LogP contribution is -2.21. The molecule has 20 heavy (non-hydrogen) atoms. The van der Waals surface area contributed by atoms with E-state index in [1.807, 2.05) is 13.0 Å². The van der Waals surface area contributed by atoms with Crippen LogP contribution in [0.1, 0.15) is 18.5 Å². The summed E-state index contributed by atoms with van der Waals surface area (Å²) in [7, 11) is 0. The Morgan fingerprint density at radius 3 is 2.85 bits per heavy atom. The maximum Gasteiger partial charge on any atom is 0.250 e. The van der Waals surface area contributed by atoms with Crippen molar-refractivity contribution in [3.05, 3.63) is 63.5 Å². The van der Waals surface area contributed by atoms with Crippen LogP contribution in [0.15, 0.2) is 47.4 Å². The van der Waals surface area contributed by atoms with Crippen LogP contribution in [-0.4, -0.2) is 11.2 Å². The Balaban J connectivity index is 2.05. The van der Waals surface area contributed by atoms with Crippen LogP contribution in [0, 0.1) is 0 Å². The number of nitrogens with zero attached hydrogens (tertiary/aromatic N) is 1. The number of ether oxygens (including phenoxy) is 1. The number of rotatable bonds is 5. The van der Waals surface area contributed by atoms with Gasteiger partial charge in [-0.3, -0.25) is 4.79 Å². The molecule has 0 bridgehead atoms. The van der Waals surface area contributed by atoms with Gasteiger partial charge in [0.2, 0.25) is 0 Å². The molecule has 0 fully saturated rings. The number of hydrogen-bond donors (Lipinski definition) is 1. The first-order chi connectivity index (χ1) is 9.58. The Kier molecular flexibility index (Phi) is 4.82. The fourth-order valence-electron chi connectivity index (χ4n) is 1.91. The van der Waals surface area contributed by atoms with E-state index in [-0.39, 0.29) is 11.6 Å². The summed E-state index contributed by atoms with van der Waals surface area (Å²) in [5.41, 5.74) is 6.71. The van der Waals surface area contributed by atoms with Crippen molar-refractivity contribution in [2.45, 2.75) is 19.5 Å². The van der Waals surface area contributed by atoms with Gasteiger partial charge in [-0.25, -0.2) is 0 Å². The van der Waals surface area contributed by atoms with Crippen LogP contribution in [-0.2, 0) is 6.54 Å². The summed E-state index contributed by atoms with van der Waals surface area (Å²) >= 11 is 5.96. The van der Waals surface area contributed by atoms with E-state index in [0.29, 0.717) is 23.9 Å². The molecule has 0 aliphatic carbocycles. The number of aromatic nitrogens is 1. The Labute approximate surface area is 122 Å². The second kappa shape index (κ2) is 6.59. The molecule has 2 N–H and O–H groups in total.